The molecule has 14 N–H and O–H groups in total. The van der Waals surface area contributed by atoms with E-state index in [1.807, 2.05) is 13.8 Å². The SMILES string of the molecule is CCC(C)CCCCC(=O)CC(CCNP)C(=O)NC(C(=O)NC(CCNP)C(=O)NC1CCNC(=O)C(C(C)O)CC(=O)C(CCP=N)NC(=O)C(CCNP)CC(=O)C(CC(C)C)NC(=O)C(Cc2ccccc2)NC(=O)C(CCNP)CC1=O)C(C)O. The molecule has 1 saturated heterocycles. The molecule has 0 bridgehead atoms. The van der Waals surface area contributed by atoms with Crippen molar-refractivity contribution in [1.82, 2.24) is 57.6 Å². The third-order valence-corrected chi connectivity index (χ3v) is 17.7. The standard InChI is InChI=1S/C60H105N12O13P5/c1-7-36(4)13-11-12-16-43(75)31-40(17-24-63-86)56(81)72-53(38(6)74)60(85)69-47(21-27-66-89)58(83)68-45-20-23-62-57(82)44(37(5)73)34-52(78)46(22-28-90-61)67-54(79)42(19-26-65-88)33-51(77)48(29-35(2)3)70-59(84)49(30-39-14-9-8-10-15-39)71-55(80)41(18-25-64-87)32-50(45)76/h8-10,14-15,35-38,40-42,44-49,53,61,63-66,73-74H,7,11-13,16-34,86-89H2,1-6H3,(H,62,82)(H,67,79)(H,68,83)(H,69,85)(H,70,84)(H,71,80)(H,72,81). The Morgan fingerprint density at radius 1 is 0.656 bits per heavy atom. The minimum absolute atomic E-state index is 0.00862. The lowest BCUT2D eigenvalue weighted by molar-refractivity contribution is -0.137. The Labute approximate surface area is 543 Å². The summed E-state index contributed by atoms with van der Waals surface area (Å²) < 4.78 is 0. The van der Waals surface area contributed by atoms with Crippen LogP contribution in [0.3, 0.4) is 0 Å². The number of carbonyl (C=O) groups is 11. The summed E-state index contributed by atoms with van der Waals surface area (Å²) in [5, 5.41) is 60.4. The van der Waals surface area contributed by atoms with Crippen molar-refractivity contribution in [2.45, 2.75) is 199 Å². The van der Waals surface area contributed by atoms with Gasteiger partial charge in [0.25, 0.3) is 0 Å². The number of hydrogen-bond donors (Lipinski definition) is 14. The maximum atomic E-state index is 14.9. The second-order valence-electron chi connectivity index (χ2n) is 24.0. The van der Waals surface area contributed by atoms with Gasteiger partial charge in [0.2, 0.25) is 41.4 Å². The Hall–Kier alpha value is -4.23. The van der Waals surface area contributed by atoms with Crippen molar-refractivity contribution in [2.24, 2.45) is 35.5 Å². The molecule has 7 amide bonds. The highest BCUT2D eigenvalue weighted by molar-refractivity contribution is 7.25. The molecule has 17 atom stereocenters. The molecule has 1 aromatic rings. The van der Waals surface area contributed by atoms with E-state index in [0.717, 1.165) is 19.3 Å². The fourth-order valence-electron chi connectivity index (χ4n) is 10.4. The molecule has 17 unspecified atom stereocenters. The Kier molecular flexibility index (Phi) is 41.8. The highest BCUT2D eigenvalue weighted by atomic mass is 31.1. The Bertz CT molecular complexity index is 2460. The molecule has 0 spiro atoms. The lowest BCUT2D eigenvalue weighted by Gasteiger charge is -2.28. The topological polar surface area (TPSA) is 384 Å². The Morgan fingerprint density at radius 2 is 1.23 bits per heavy atom. The molecule has 1 aliphatic rings. The first-order chi connectivity index (χ1) is 42.8. The summed E-state index contributed by atoms with van der Waals surface area (Å²) in [6.07, 6.45) is -0.451. The summed E-state index contributed by atoms with van der Waals surface area (Å²) >= 11 is 0. The van der Waals surface area contributed by atoms with Gasteiger partial charge in [0.05, 0.1) is 36.3 Å². The number of rotatable bonds is 35. The Balaban J connectivity index is 2.76. The molecule has 90 heavy (non-hydrogen) atoms. The molecular formula is C60H105N12O13P5. The van der Waals surface area contributed by atoms with Crippen LogP contribution in [0.1, 0.15) is 150 Å². The van der Waals surface area contributed by atoms with Crippen LogP contribution in [-0.2, 0) is 59.2 Å². The lowest BCUT2D eigenvalue weighted by atomic mass is 9.89. The molecule has 1 fully saturated rings. The highest BCUT2D eigenvalue weighted by Crippen LogP contribution is 2.22. The van der Waals surface area contributed by atoms with Crippen molar-refractivity contribution >= 4 is 110 Å². The minimum atomic E-state index is -1.61. The van der Waals surface area contributed by atoms with Crippen LogP contribution >= 0.6 is 45.9 Å². The van der Waals surface area contributed by atoms with Crippen LogP contribution in [0.2, 0.25) is 0 Å². The van der Waals surface area contributed by atoms with E-state index in [4.69, 9.17) is 5.16 Å². The first-order valence-electron chi connectivity index (χ1n) is 31.5. The number of benzene rings is 1. The van der Waals surface area contributed by atoms with Crippen LogP contribution in [0.15, 0.2) is 30.3 Å². The molecule has 0 saturated carbocycles. The zero-order valence-electron chi connectivity index (χ0n) is 53.4. The predicted octanol–water partition coefficient (Wildman–Crippen LogP) is 2.55. The second-order valence-corrected chi connectivity index (χ2v) is 26.4. The molecule has 30 heteroatoms. The maximum Gasteiger partial charge on any atom is 0.245 e. The normalized spacial score (nSPS) is 22.6. The third-order valence-electron chi connectivity index (χ3n) is 16.1. The van der Waals surface area contributed by atoms with Gasteiger partial charge in [0.1, 0.15) is 23.9 Å². The van der Waals surface area contributed by atoms with E-state index in [0.29, 0.717) is 24.4 Å². The smallest absolute Gasteiger partial charge is 0.245 e. The van der Waals surface area contributed by atoms with E-state index in [-0.39, 0.29) is 123 Å². The van der Waals surface area contributed by atoms with Crippen molar-refractivity contribution in [1.29, 1.82) is 5.16 Å². The molecule has 0 aliphatic carbocycles. The van der Waals surface area contributed by atoms with E-state index >= 15 is 0 Å². The molecule has 1 aromatic carbocycles. The summed E-state index contributed by atoms with van der Waals surface area (Å²) in [5.41, 5.74) is 0.651. The van der Waals surface area contributed by atoms with E-state index in [2.05, 4.69) is 109 Å². The van der Waals surface area contributed by atoms with Crippen LogP contribution in [0, 0.1) is 40.7 Å². The van der Waals surface area contributed by atoms with E-state index in [1.54, 1.807) is 30.3 Å². The van der Waals surface area contributed by atoms with Gasteiger partial charge in [0.15, 0.2) is 17.3 Å². The number of carbonyl (C=O) groups excluding carboxylic acids is 11. The lowest BCUT2D eigenvalue weighted by Crippen LogP contribution is -2.59. The van der Waals surface area contributed by atoms with Gasteiger partial charge in [-0.15, -0.1) is 0 Å². The summed E-state index contributed by atoms with van der Waals surface area (Å²) in [5.74, 6) is -11.4. The number of ketones is 4. The van der Waals surface area contributed by atoms with Crippen molar-refractivity contribution in [3.63, 3.8) is 0 Å². The Morgan fingerprint density at radius 3 is 1.80 bits per heavy atom. The quantitative estimate of drug-likeness (QED) is 0.0343. The average Bonchev–Trinajstić information content (AvgIpc) is 1.61. The number of unbranched alkanes of at least 4 members (excludes halogenated alkanes) is 1. The van der Waals surface area contributed by atoms with Gasteiger partial charge >= 0.3 is 0 Å². The molecule has 2 rings (SSSR count). The predicted molar refractivity (Wildman–Crippen MR) is 361 cm³/mol. The van der Waals surface area contributed by atoms with E-state index < -0.39 is 144 Å². The first kappa shape index (κ1) is 81.9. The molecule has 0 radical (unpaired) electrons. The maximum absolute atomic E-state index is 14.9. The van der Waals surface area contributed by atoms with Crippen LogP contribution in [0.5, 0.6) is 0 Å². The summed E-state index contributed by atoms with van der Waals surface area (Å²) in [7, 11) is 9.43. The fraction of sp³-hybridized carbons (Fsp3) is 0.717. The van der Waals surface area contributed by atoms with Crippen molar-refractivity contribution in [2.75, 3.05) is 38.9 Å². The van der Waals surface area contributed by atoms with Gasteiger partial charge in [0, 0.05) is 75.5 Å². The van der Waals surface area contributed by atoms with E-state index in [1.165, 1.54) is 13.8 Å². The highest BCUT2D eigenvalue weighted by Gasteiger charge is 2.38. The number of aliphatic hydroxyl groups is 2. The van der Waals surface area contributed by atoms with Crippen LogP contribution in [0.4, 0.5) is 0 Å². The van der Waals surface area contributed by atoms with E-state index in [9.17, 15) is 63.0 Å². The summed E-state index contributed by atoms with van der Waals surface area (Å²) in [4.78, 5) is 157. The number of nitrogens with one attached hydrogen (secondary N) is 12. The number of Topliss-reactive ketones (excluding diaryl/α,β-unsaturated/α-hetero) is 4. The van der Waals surface area contributed by atoms with Gasteiger partial charge in [-0.1, -0.05) is 115 Å². The largest absolute Gasteiger partial charge is 0.393 e. The van der Waals surface area contributed by atoms with Gasteiger partial charge < -0.3 is 67.8 Å². The van der Waals surface area contributed by atoms with Gasteiger partial charge in [-0.2, -0.15) is 0 Å². The number of hydrogen-bond acceptors (Lipinski definition) is 18. The monoisotopic (exact) mass is 1360 g/mol. The van der Waals surface area contributed by atoms with Gasteiger partial charge in [-0.05, 0) is 111 Å². The van der Waals surface area contributed by atoms with Gasteiger partial charge in [-0.3, -0.25) is 57.9 Å². The number of aliphatic hydroxyl groups excluding tert-OH is 2. The molecule has 1 aliphatic heterocycles. The van der Waals surface area contributed by atoms with Crippen LogP contribution < -0.4 is 57.6 Å². The average molecular weight is 1360 g/mol. The molecule has 508 valence electrons. The van der Waals surface area contributed by atoms with Crippen LogP contribution in [0.25, 0.3) is 0 Å². The van der Waals surface area contributed by atoms with Gasteiger partial charge in [-0.25, -0.2) is 0 Å². The zero-order valence-corrected chi connectivity index (χ0v) is 58.9. The second kappa shape index (κ2) is 46.0. The minimum Gasteiger partial charge on any atom is -0.393 e. The van der Waals surface area contributed by atoms with Crippen molar-refractivity contribution < 1.29 is 63.0 Å². The molecular weight excluding hydrogens is 1250 g/mol. The molecule has 0 aromatic heterocycles. The third kappa shape index (κ3) is 31.6. The van der Waals surface area contributed by atoms with Crippen molar-refractivity contribution in [3.8, 4) is 0 Å². The van der Waals surface area contributed by atoms with Crippen molar-refractivity contribution in [3.05, 3.63) is 35.9 Å². The van der Waals surface area contributed by atoms with Crippen LogP contribution in [-0.4, -0.2) is 162 Å². The molecule has 1 heterocycles. The summed E-state index contributed by atoms with van der Waals surface area (Å²) in [6, 6.07) is 0.597. The first-order valence-corrected chi connectivity index (χ1v) is 34.9. The number of amides is 7. The fourth-order valence-corrected chi connectivity index (χ4v) is 11.5. The summed E-state index contributed by atoms with van der Waals surface area (Å²) in [6.45, 7) is 11.1. The zero-order chi connectivity index (χ0) is 67.3. The molecule has 25 nitrogen and oxygen atoms in total.